The lowest BCUT2D eigenvalue weighted by Crippen LogP contribution is -2.01. The first kappa shape index (κ1) is 9.43. The smallest absolute Gasteiger partial charge is 0.0945 e. The van der Waals surface area contributed by atoms with E-state index >= 15 is 0 Å². The predicted octanol–water partition coefficient (Wildman–Crippen LogP) is 2.07. The maximum absolute atomic E-state index is 9.78. The molecule has 2 heterocycles. The highest BCUT2D eigenvalue weighted by Crippen LogP contribution is 2.21. The van der Waals surface area contributed by atoms with Crippen LogP contribution in [0.4, 0.5) is 0 Å². The molecule has 2 aromatic heterocycles. The maximum Gasteiger partial charge on any atom is 0.0945 e. The largest absolute Gasteiger partial charge is 0.388 e. The van der Waals surface area contributed by atoms with Gasteiger partial charge in [0.25, 0.3) is 0 Å². The predicted molar refractivity (Wildman–Crippen MR) is 56.1 cm³/mol. The minimum atomic E-state index is -0.350. The van der Waals surface area contributed by atoms with Crippen LogP contribution >= 0.6 is 11.3 Å². The second kappa shape index (κ2) is 4.39. The van der Waals surface area contributed by atoms with Crippen molar-refractivity contribution in [3.63, 3.8) is 0 Å². The summed E-state index contributed by atoms with van der Waals surface area (Å²) in [7, 11) is 0. The van der Waals surface area contributed by atoms with Crippen molar-refractivity contribution < 1.29 is 5.11 Å². The third kappa shape index (κ3) is 2.21. The first-order valence-electron chi connectivity index (χ1n) is 4.53. The van der Waals surface area contributed by atoms with Crippen molar-refractivity contribution >= 4 is 11.3 Å². The van der Waals surface area contributed by atoms with Crippen molar-refractivity contribution in [3.8, 4) is 0 Å². The highest BCUT2D eigenvalue weighted by molar-refractivity contribution is 7.10. The Morgan fingerprint density at radius 1 is 1.57 bits per heavy atom. The number of aryl methyl sites for hydroxylation is 1. The Morgan fingerprint density at radius 2 is 2.50 bits per heavy atom. The Kier molecular flexibility index (Phi) is 2.96. The SMILES string of the molecule is O[C@@H](CCn1ccnc1)c1cccs1. The molecule has 1 N–H and O–H groups in total. The van der Waals surface area contributed by atoms with Gasteiger partial charge in [-0.05, 0) is 17.9 Å². The number of nitrogens with zero attached hydrogens (tertiary/aromatic N) is 2. The Hall–Kier alpha value is -1.13. The minimum Gasteiger partial charge on any atom is -0.388 e. The van der Waals surface area contributed by atoms with Gasteiger partial charge >= 0.3 is 0 Å². The van der Waals surface area contributed by atoms with Gasteiger partial charge in [0.1, 0.15) is 0 Å². The van der Waals surface area contributed by atoms with Gasteiger partial charge in [0.05, 0.1) is 12.4 Å². The molecule has 2 aromatic rings. The Labute approximate surface area is 86.7 Å². The molecule has 14 heavy (non-hydrogen) atoms. The van der Waals surface area contributed by atoms with E-state index in [0.717, 1.165) is 17.8 Å². The summed E-state index contributed by atoms with van der Waals surface area (Å²) in [6, 6.07) is 3.92. The van der Waals surface area contributed by atoms with Crippen molar-refractivity contribution in [2.75, 3.05) is 0 Å². The third-order valence-corrected chi connectivity index (χ3v) is 3.07. The molecule has 2 rings (SSSR count). The monoisotopic (exact) mass is 208 g/mol. The van der Waals surface area contributed by atoms with Gasteiger partial charge < -0.3 is 9.67 Å². The summed E-state index contributed by atoms with van der Waals surface area (Å²) in [6.45, 7) is 0.805. The maximum atomic E-state index is 9.78. The van der Waals surface area contributed by atoms with Gasteiger partial charge in [-0.3, -0.25) is 0 Å². The molecule has 0 fully saturated rings. The van der Waals surface area contributed by atoms with E-state index < -0.39 is 0 Å². The fourth-order valence-corrected chi connectivity index (χ4v) is 2.06. The summed E-state index contributed by atoms with van der Waals surface area (Å²) in [5, 5.41) is 11.8. The van der Waals surface area contributed by atoms with Crippen molar-refractivity contribution in [3.05, 3.63) is 41.1 Å². The quantitative estimate of drug-likeness (QED) is 0.835. The number of rotatable bonds is 4. The number of aliphatic hydroxyl groups excluding tert-OH is 1. The molecule has 3 nitrogen and oxygen atoms in total. The molecule has 0 saturated carbocycles. The lowest BCUT2D eigenvalue weighted by molar-refractivity contribution is 0.165. The first-order valence-corrected chi connectivity index (χ1v) is 5.41. The van der Waals surface area contributed by atoms with Gasteiger partial charge in [0.15, 0.2) is 0 Å². The van der Waals surface area contributed by atoms with Crippen LogP contribution in [0.3, 0.4) is 0 Å². The van der Waals surface area contributed by atoms with Crippen LogP contribution in [0.25, 0.3) is 0 Å². The van der Waals surface area contributed by atoms with Crippen LogP contribution in [0.2, 0.25) is 0 Å². The molecule has 4 heteroatoms. The van der Waals surface area contributed by atoms with Crippen LogP contribution in [-0.4, -0.2) is 14.7 Å². The zero-order chi connectivity index (χ0) is 9.80. The van der Waals surface area contributed by atoms with Crippen LogP contribution in [0.1, 0.15) is 17.4 Å². The molecule has 0 radical (unpaired) electrons. The molecule has 0 spiro atoms. The topological polar surface area (TPSA) is 38.0 Å². The molecule has 0 bridgehead atoms. The van der Waals surface area contributed by atoms with Gasteiger partial charge in [-0.25, -0.2) is 4.98 Å². The lowest BCUT2D eigenvalue weighted by Gasteiger charge is -2.08. The van der Waals surface area contributed by atoms with Crippen molar-refractivity contribution in [1.82, 2.24) is 9.55 Å². The molecule has 0 aliphatic carbocycles. The van der Waals surface area contributed by atoms with Gasteiger partial charge in [0.2, 0.25) is 0 Å². The summed E-state index contributed by atoms with van der Waals surface area (Å²) in [5.74, 6) is 0. The number of imidazole rings is 1. The number of hydrogen-bond acceptors (Lipinski definition) is 3. The van der Waals surface area contributed by atoms with Crippen LogP contribution in [-0.2, 0) is 6.54 Å². The van der Waals surface area contributed by atoms with Crippen molar-refractivity contribution in [2.45, 2.75) is 19.1 Å². The summed E-state index contributed by atoms with van der Waals surface area (Å²) in [4.78, 5) is 4.98. The standard InChI is InChI=1S/C10H12N2OS/c13-9(10-2-1-7-14-10)3-5-12-6-4-11-8-12/h1-2,4,6-9,13H,3,5H2/t9-/m0/s1. The summed E-state index contributed by atoms with van der Waals surface area (Å²) in [6.07, 6.45) is 5.80. The van der Waals surface area contributed by atoms with E-state index in [4.69, 9.17) is 0 Å². The molecule has 0 unspecified atom stereocenters. The average Bonchev–Trinajstić information content (AvgIpc) is 2.87. The highest BCUT2D eigenvalue weighted by Gasteiger charge is 2.07. The number of hydrogen-bond donors (Lipinski definition) is 1. The zero-order valence-electron chi connectivity index (χ0n) is 7.71. The van der Waals surface area contributed by atoms with Crippen LogP contribution in [0, 0.1) is 0 Å². The Morgan fingerprint density at radius 3 is 3.14 bits per heavy atom. The fourth-order valence-electron chi connectivity index (χ4n) is 1.31. The first-order chi connectivity index (χ1) is 6.86. The number of aromatic nitrogens is 2. The van der Waals surface area contributed by atoms with E-state index in [1.165, 1.54) is 0 Å². The van der Waals surface area contributed by atoms with E-state index in [0.29, 0.717) is 0 Å². The third-order valence-electron chi connectivity index (χ3n) is 2.09. The molecule has 74 valence electrons. The van der Waals surface area contributed by atoms with Gasteiger partial charge in [-0.15, -0.1) is 11.3 Å². The molecule has 0 aliphatic rings. The lowest BCUT2D eigenvalue weighted by atomic mass is 10.2. The van der Waals surface area contributed by atoms with E-state index in [1.807, 2.05) is 28.3 Å². The van der Waals surface area contributed by atoms with Crippen molar-refractivity contribution in [2.24, 2.45) is 0 Å². The van der Waals surface area contributed by atoms with Gasteiger partial charge in [-0.2, -0.15) is 0 Å². The highest BCUT2D eigenvalue weighted by atomic mass is 32.1. The molecule has 0 saturated heterocycles. The summed E-state index contributed by atoms with van der Waals surface area (Å²) >= 11 is 1.59. The zero-order valence-corrected chi connectivity index (χ0v) is 8.52. The average molecular weight is 208 g/mol. The molecule has 0 aliphatic heterocycles. The molecule has 1 atom stereocenters. The van der Waals surface area contributed by atoms with E-state index in [2.05, 4.69) is 4.98 Å². The van der Waals surface area contributed by atoms with Gasteiger partial charge in [0, 0.05) is 23.8 Å². The molecule has 0 aromatic carbocycles. The van der Waals surface area contributed by atoms with Crippen LogP contribution < -0.4 is 0 Å². The second-order valence-corrected chi connectivity index (χ2v) is 4.10. The number of aliphatic hydroxyl groups is 1. The van der Waals surface area contributed by atoms with Gasteiger partial charge in [-0.1, -0.05) is 6.07 Å². The molecular weight excluding hydrogens is 196 g/mol. The normalized spacial score (nSPS) is 12.9. The van der Waals surface area contributed by atoms with Crippen LogP contribution in [0.5, 0.6) is 0 Å². The van der Waals surface area contributed by atoms with E-state index in [9.17, 15) is 5.11 Å². The van der Waals surface area contributed by atoms with Crippen molar-refractivity contribution in [1.29, 1.82) is 0 Å². The molecular formula is C10H12N2OS. The minimum absolute atomic E-state index is 0.350. The molecule has 0 amide bonds. The Bertz CT molecular complexity index is 355. The van der Waals surface area contributed by atoms with Crippen LogP contribution in [0.15, 0.2) is 36.2 Å². The van der Waals surface area contributed by atoms with E-state index in [-0.39, 0.29) is 6.10 Å². The second-order valence-electron chi connectivity index (χ2n) is 3.12. The summed E-state index contributed by atoms with van der Waals surface area (Å²) in [5.41, 5.74) is 0. The summed E-state index contributed by atoms with van der Waals surface area (Å²) < 4.78 is 1.97. The van der Waals surface area contributed by atoms with E-state index in [1.54, 1.807) is 23.9 Å². The fraction of sp³-hybridized carbons (Fsp3) is 0.300. The number of thiophene rings is 1. The Balaban J connectivity index is 1.87.